The molecule has 0 spiro atoms. The summed E-state index contributed by atoms with van der Waals surface area (Å²) in [4.78, 5) is 21.7. The first-order chi connectivity index (χ1) is 15.0. The van der Waals surface area contributed by atoms with Crippen LogP contribution in [0.4, 0.5) is 5.13 Å². The third kappa shape index (κ3) is 4.76. The van der Waals surface area contributed by atoms with Gasteiger partial charge in [-0.25, -0.2) is 13.4 Å². The lowest BCUT2D eigenvalue weighted by Crippen LogP contribution is -2.43. The largest absolute Gasteiger partial charge is 0.497 e. The first-order valence-electron chi connectivity index (χ1n) is 9.79. The molecule has 1 amide bonds. The molecule has 1 aliphatic heterocycles. The van der Waals surface area contributed by atoms with E-state index in [-0.39, 0.29) is 17.3 Å². The maximum absolute atomic E-state index is 13.0. The lowest BCUT2D eigenvalue weighted by atomic mass is 9.99. The summed E-state index contributed by atoms with van der Waals surface area (Å²) in [6, 6.07) is 11.8. The van der Waals surface area contributed by atoms with Crippen LogP contribution in [0, 0.1) is 5.92 Å². The third-order valence-electron chi connectivity index (χ3n) is 5.11. The van der Waals surface area contributed by atoms with Crippen LogP contribution >= 0.6 is 11.3 Å². The average Bonchev–Trinajstić information content (AvgIpc) is 3.28. The number of carbonyl (C=O) groups is 1. The second kappa shape index (κ2) is 9.13. The molecule has 162 valence electrons. The summed E-state index contributed by atoms with van der Waals surface area (Å²) >= 11 is 1.32. The zero-order valence-corrected chi connectivity index (χ0v) is 18.5. The second-order valence-electron chi connectivity index (χ2n) is 7.12. The molecule has 3 aromatic rings. The van der Waals surface area contributed by atoms with Gasteiger partial charge in [0.1, 0.15) is 11.4 Å². The predicted octanol–water partition coefficient (Wildman–Crippen LogP) is 3.25. The Morgan fingerprint density at radius 3 is 2.71 bits per heavy atom. The molecule has 1 aromatic carbocycles. The number of piperidine rings is 1. The van der Waals surface area contributed by atoms with Crippen molar-refractivity contribution in [2.45, 2.75) is 17.7 Å². The highest BCUT2D eigenvalue weighted by molar-refractivity contribution is 7.89. The molecule has 1 unspecified atom stereocenters. The Hall–Kier alpha value is -2.82. The Labute approximate surface area is 185 Å². The van der Waals surface area contributed by atoms with Crippen LogP contribution in [0.15, 0.2) is 58.9 Å². The number of anilines is 1. The number of ether oxygens (including phenoxy) is 1. The first-order valence-corrected chi connectivity index (χ1v) is 12.1. The minimum absolute atomic E-state index is 0.138. The zero-order chi connectivity index (χ0) is 21.8. The maximum Gasteiger partial charge on any atom is 0.243 e. The number of hydrogen-bond acceptors (Lipinski definition) is 7. The number of nitrogens with zero attached hydrogens (tertiary/aromatic N) is 3. The summed E-state index contributed by atoms with van der Waals surface area (Å²) in [5.74, 6) is -0.0797. The zero-order valence-electron chi connectivity index (χ0n) is 16.9. The molecule has 4 rings (SSSR count). The van der Waals surface area contributed by atoms with E-state index in [1.165, 1.54) is 34.9 Å². The van der Waals surface area contributed by atoms with Gasteiger partial charge in [-0.2, -0.15) is 4.31 Å². The smallest absolute Gasteiger partial charge is 0.243 e. The van der Waals surface area contributed by atoms with Crippen molar-refractivity contribution in [3.05, 3.63) is 54.0 Å². The number of nitrogens with one attached hydrogen (secondary N) is 1. The molecule has 1 saturated heterocycles. The molecule has 3 heterocycles. The Morgan fingerprint density at radius 1 is 1.19 bits per heavy atom. The normalized spacial score (nSPS) is 17.3. The maximum atomic E-state index is 13.0. The number of pyridine rings is 1. The van der Waals surface area contributed by atoms with Crippen LogP contribution in [0.25, 0.3) is 11.4 Å². The summed E-state index contributed by atoms with van der Waals surface area (Å²) < 4.78 is 32.5. The standard InChI is InChI=1S/C21H22N4O4S2/c1-29-16-7-9-17(10-8-16)31(27,28)25-12-4-5-15(13-25)20(26)24-21-23-19(14-30-21)18-6-2-3-11-22-18/h2-3,6-11,14-15H,4-5,12-13H2,1H3,(H,23,24,26). The third-order valence-corrected chi connectivity index (χ3v) is 7.75. The van der Waals surface area contributed by atoms with E-state index in [9.17, 15) is 13.2 Å². The van der Waals surface area contributed by atoms with Crippen LogP contribution in [0.2, 0.25) is 0 Å². The summed E-state index contributed by atoms with van der Waals surface area (Å²) in [5, 5.41) is 5.14. The van der Waals surface area contributed by atoms with Crippen LogP contribution in [0.3, 0.4) is 0 Å². The van der Waals surface area contributed by atoms with E-state index < -0.39 is 15.9 Å². The number of sulfonamides is 1. The fourth-order valence-corrected chi connectivity index (χ4v) is 5.67. The number of amides is 1. The number of carbonyl (C=O) groups excluding carboxylic acids is 1. The van der Waals surface area contributed by atoms with Gasteiger partial charge in [-0.05, 0) is 49.2 Å². The molecular weight excluding hydrogens is 436 g/mol. The molecule has 0 aliphatic carbocycles. The number of methoxy groups -OCH3 is 1. The van der Waals surface area contributed by atoms with E-state index in [0.717, 1.165) is 5.69 Å². The van der Waals surface area contributed by atoms with Gasteiger partial charge in [-0.1, -0.05) is 6.07 Å². The molecule has 0 saturated carbocycles. The monoisotopic (exact) mass is 458 g/mol. The molecule has 0 radical (unpaired) electrons. The minimum atomic E-state index is -3.68. The van der Waals surface area contributed by atoms with E-state index in [1.54, 1.807) is 18.3 Å². The summed E-state index contributed by atoms with van der Waals surface area (Å²) in [6.45, 7) is 0.526. The lowest BCUT2D eigenvalue weighted by Gasteiger charge is -2.31. The van der Waals surface area contributed by atoms with E-state index >= 15 is 0 Å². The fraction of sp³-hybridized carbons (Fsp3) is 0.286. The Morgan fingerprint density at radius 2 is 2.00 bits per heavy atom. The van der Waals surface area contributed by atoms with E-state index in [2.05, 4.69) is 15.3 Å². The SMILES string of the molecule is COc1ccc(S(=O)(=O)N2CCCC(C(=O)Nc3nc(-c4ccccn4)cs3)C2)cc1. The van der Waals surface area contributed by atoms with Gasteiger partial charge in [0.25, 0.3) is 0 Å². The quantitative estimate of drug-likeness (QED) is 0.608. The fourth-order valence-electron chi connectivity index (χ4n) is 3.44. The van der Waals surface area contributed by atoms with Crippen molar-refractivity contribution >= 4 is 32.4 Å². The molecule has 8 nitrogen and oxygen atoms in total. The molecule has 1 aliphatic rings. The van der Waals surface area contributed by atoms with Gasteiger partial charge in [0.05, 0.1) is 23.6 Å². The number of rotatable bonds is 6. The Kier molecular flexibility index (Phi) is 6.30. The Balaban J connectivity index is 1.43. The summed E-state index contributed by atoms with van der Waals surface area (Å²) in [6.07, 6.45) is 2.93. The molecule has 1 fully saturated rings. The van der Waals surface area contributed by atoms with Gasteiger partial charge in [0.15, 0.2) is 5.13 Å². The van der Waals surface area contributed by atoms with Crippen LogP contribution in [-0.4, -0.2) is 48.8 Å². The lowest BCUT2D eigenvalue weighted by molar-refractivity contribution is -0.120. The highest BCUT2D eigenvalue weighted by atomic mass is 32.2. The van der Waals surface area contributed by atoms with Crippen molar-refractivity contribution in [1.29, 1.82) is 0 Å². The molecule has 1 N–H and O–H groups in total. The van der Waals surface area contributed by atoms with Crippen molar-refractivity contribution < 1.29 is 17.9 Å². The molecule has 2 aromatic heterocycles. The highest BCUT2D eigenvalue weighted by Gasteiger charge is 2.33. The number of thiazole rings is 1. The van der Waals surface area contributed by atoms with Crippen molar-refractivity contribution in [3.63, 3.8) is 0 Å². The summed E-state index contributed by atoms with van der Waals surface area (Å²) in [7, 11) is -2.15. The highest BCUT2D eigenvalue weighted by Crippen LogP contribution is 2.27. The molecule has 0 bridgehead atoms. The summed E-state index contributed by atoms with van der Waals surface area (Å²) in [5.41, 5.74) is 1.42. The minimum Gasteiger partial charge on any atom is -0.497 e. The van der Waals surface area contributed by atoms with Gasteiger partial charge in [-0.3, -0.25) is 9.78 Å². The van der Waals surface area contributed by atoms with E-state index in [1.807, 2.05) is 23.6 Å². The van der Waals surface area contributed by atoms with Crippen LogP contribution in [0.1, 0.15) is 12.8 Å². The van der Waals surface area contributed by atoms with Crippen LogP contribution < -0.4 is 10.1 Å². The van der Waals surface area contributed by atoms with Gasteiger partial charge < -0.3 is 10.1 Å². The van der Waals surface area contributed by atoms with Crippen molar-refractivity contribution in [2.75, 3.05) is 25.5 Å². The molecule has 1 atom stereocenters. The van der Waals surface area contributed by atoms with Crippen LogP contribution in [0.5, 0.6) is 5.75 Å². The number of hydrogen-bond donors (Lipinski definition) is 1. The molecule has 31 heavy (non-hydrogen) atoms. The molecular formula is C21H22N4O4S2. The number of benzene rings is 1. The van der Waals surface area contributed by atoms with Crippen molar-refractivity contribution in [2.24, 2.45) is 5.92 Å². The molecule has 10 heteroatoms. The van der Waals surface area contributed by atoms with E-state index in [0.29, 0.717) is 36.0 Å². The topological polar surface area (TPSA) is 101 Å². The second-order valence-corrected chi connectivity index (χ2v) is 9.92. The van der Waals surface area contributed by atoms with Gasteiger partial charge in [-0.15, -0.1) is 11.3 Å². The predicted molar refractivity (Wildman–Crippen MR) is 118 cm³/mol. The van der Waals surface area contributed by atoms with Gasteiger partial charge in [0.2, 0.25) is 15.9 Å². The van der Waals surface area contributed by atoms with Crippen molar-refractivity contribution in [3.8, 4) is 17.1 Å². The number of aromatic nitrogens is 2. The van der Waals surface area contributed by atoms with Gasteiger partial charge >= 0.3 is 0 Å². The average molecular weight is 459 g/mol. The Bertz CT molecular complexity index is 1150. The van der Waals surface area contributed by atoms with Gasteiger partial charge in [0, 0.05) is 24.7 Å². The van der Waals surface area contributed by atoms with E-state index in [4.69, 9.17) is 4.74 Å². The van der Waals surface area contributed by atoms with Crippen LogP contribution in [-0.2, 0) is 14.8 Å². The first kappa shape index (κ1) is 21.4. The van der Waals surface area contributed by atoms with Crippen molar-refractivity contribution in [1.82, 2.24) is 14.3 Å².